The summed E-state index contributed by atoms with van der Waals surface area (Å²) >= 11 is 0. The molecule has 1 unspecified atom stereocenters. The van der Waals surface area contributed by atoms with Crippen molar-refractivity contribution in [3.63, 3.8) is 0 Å². The summed E-state index contributed by atoms with van der Waals surface area (Å²) < 4.78 is 5.72. The molecule has 19 heavy (non-hydrogen) atoms. The average molecular weight is 266 g/mol. The SMILES string of the molecule is CC1(C)CN(c2cc(C(=O)O)ccn2)CC(CO)O1. The standard InChI is InChI=1S/C13H18N2O4/c1-13(2)8-15(6-10(7-16)19-13)11-5-9(12(17)18)3-4-14-11/h3-5,10,16H,6-8H2,1-2H3,(H,17,18). The topological polar surface area (TPSA) is 82.9 Å². The van der Waals surface area contributed by atoms with Crippen LogP contribution in [0.1, 0.15) is 24.2 Å². The number of carboxylic acid groups (broad SMARTS) is 1. The van der Waals surface area contributed by atoms with Gasteiger partial charge in [-0.2, -0.15) is 0 Å². The number of carboxylic acids is 1. The van der Waals surface area contributed by atoms with Crippen molar-refractivity contribution in [2.75, 3.05) is 24.6 Å². The highest BCUT2D eigenvalue weighted by atomic mass is 16.5. The van der Waals surface area contributed by atoms with Crippen molar-refractivity contribution < 1.29 is 19.7 Å². The van der Waals surface area contributed by atoms with E-state index in [4.69, 9.17) is 9.84 Å². The molecule has 0 aromatic carbocycles. The van der Waals surface area contributed by atoms with E-state index in [2.05, 4.69) is 4.98 Å². The van der Waals surface area contributed by atoms with Gasteiger partial charge in [0.1, 0.15) is 5.82 Å². The normalized spacial score (nSPS) is 22.3. The zero-order chi connectivity index (χ0) is 14.0. The predicted octanol–water partition coefficient (Wildman–Crippen LogP) is 0.756. The third-order valence-electron chi connectivity index (χ3n) is 3.00. The van der Waals surface area contributed by atoms with Crippen LogP contribution in [-0.4, -0.2) is 52.6 Å². The molecule has 1 saturated heterocycles. The van der Waals surface area contributed by atoms with Gasteiger partial charge in [0.25, 0.3) is 0 Å². The maximum Gasteiger partial charge on any atom is 0.335 e. The van der Waals surface area contributed by atoms with Crippen molar-refractivity contribution in [1.82, 2.24) is 4.98 Å². The summed E-state index contributed by atoms with van der Waals surface area (Å²) in [7, 11) is 0. The molecule has 1 aromatic rings. The first-order valence-electron chi connectivity index (χ1n) is 6.14. The number of aromatic carboxylic acids is 1. The second kappa shape index (κ2) is 5.14. The lowest BCUT2D eigenvalue weighted by atomic mass is 10.1. The molecule has 1 aromatic heterocycles. The van der Waals surface area contributed by atoms with Gasteiger partial charge in [0, 0.05) is 19.3 Å². The fourth-order valence-electron chi connectivity index (χ4n) is 2.29. The number of rotatable bonds is 3. The van der Waals surface area contributed by atoms with Gasteiger partial charge in [-0.15, -0.1) is 0 Å². The number of aliphatic hydroxyl groups excluding tert-OH is 1. The molecule has 2 rings (SSSR count). The quantitative estimate of drug-likeness (QED) is 0.840. The van der Waals surface area contributed by atoms with Crippen LogP contribution in [-0.2, 0) is 4.74 Å². The second-order valence-corrected chi connectivity index (χ2v) is 5.27. The molecule has 0 radical (unpaired) electrons. The molecule has 2 heterocycles. The van der Waals surface area contributed by atoms with Crippen LogP contribution >= 0.6 is 0 Å². The molecule has 0 spiro atoms. The van der Waals surface area contributed by atoms with Crippen LogP contribution in [0.3, 0.4) is 0 Å². The smallest absolute Gasteiger partial charge is 0.335 e. The van der Waals surface area contributed by atoms with Gasteiger partial charge in [-0.25, -0.2) is 9.78 Å². The van der Waals surface area contributed by atoms with E-state index in [0.29, 0.717) is 18.9 Å². The number of carbonyl (C=O) groups is 1. The first-order valence-corrected chi connectivity index (χ1v) is 6.14. The number of ether oxygens (including phenoxy) is 1. The Morgan fingerprint density at radius 1 is 1.63 bits per heavy atom. The Kier molecular flexibility index (Phi) is 3.73. The van der Waals surface area contributed by atoms with Gasteiger partial charge in [-0.3, -0.25) is 0 Å². The monoisotopic (exact) mass is 266 g/mol. The third kappa shape index (κ3) is 3.21. The lowest BCUT2D eigenvalue weighted by Crippen LogP contribution is -2.54. The second-order valence-electron chi connectivity index (χ2n) is 5.27. The number of hydrogen-bond acceptors (Lipinski definition) is 5. The zero-order valence-corrected chi connectivity index (χ0v) is 11.0. The Hall–Kier alpha value is -1.66. The molecule has 0 saturated carbocycles. The first-order chi connectivity index (χ1) is 8.91. The van der Waals surface area contributed by atoms with E-state index in [9.17, 15) is 9.90 Å². The van der Waals surface area contributed by atoms with Crippen LogP contribution in [0.15, 0.2) is 18.3 Å². The minimum Gasteiger partial charge on any atom is -0.478 e. The summed E-state index contributed by atoms with van der Waals surface area (Å²) in [6, 6.07) is 3.00. The van der Waals surface area contributed by atoms with Gasteiger partial charge in [0.05, 0.1) is 23.9 Å². The lowest BCUT2D eigenvalue weighted by molar-refractivity contribution is -0.101. The highest BCUT2D eigenvalue weighted by Crippen LogP contribution is 2.25. The van der Waals surface area contributed by atoms with Gasteiger partial charge in [-0.05, 0) is 26.0 Å². The van der Waals surface area contributed by atoms with Crippen molar-refractivity contribution in [2.45, 2.75) is 25.6 Å². The van der Waals surface area contributed by atoms with E-state index in [1.165, 1.54) is 18.3 Å². The van der Waals surface area contributed by atoms with Crippen molar-refractivity contribution in [3.8, 4) is 0 Å². The summed E-state index contributed by atoms with van der Waals surface area (Å²) in [4.78, 5) is 17.1. The fraction of sp³-hybridized carbons (Fsp3) is 0.538. The summed E-state index contributed by atoms with van der Waals surface area (Å²) in [5.41, 5.74) is -0.207. The van der Waals surface area contributed by atoms with Gasteiger partial charge in [0.15, 0.2) is 0 Å². The number of aliphatic hydroxyl groups is 1. The molecule has 0 aliphatic carbocycles. The Bertz CT molecular complexity index is 475. The lowest BCUT2D eigenvalue weighted by Gasteiger charge is -2.42. The van der Waals surface area contributed by atoms with Gasteiger partial charge in [0.2, 0.25) is 0 Å². The molecule has 2 N–H and O–H groups in total. The van der Waals surface area contributed by atoms with E-state index < -0.39 is 11.6 Å². The predicted molar refractivity (Wildman–Crippen MR) is 69.4 cm³/mol. The van der Waals surface area contributed by atoms with Crippen molar-refractivity contribution >= 4 is 11.8 Å². The van der Waals surface area contributed by atoms with Crippen molar-refractivity contribution in [3.05, 3.63) is 23.9 Å². The molecule has 6 heteroatoms. The van der Waals surface area contributed by atoms with Gasteiger partial charge < -0.3 is 19.8 Å². The van der Waals surface area contributed by atoms with Crippen LogP contribution in [0.4, 0.5) is 5.82 Å². The molecule has 0 amide bonds. The van der Waals surface area contributed by atoms with Crippen molar-refractivity contribution in [2.24, 2.45) is 0 Å². The Labute approximate surface area is 111 Å². The number of anilines is 1. The largest absolute Gasteiger partial charge is 0.478 e. The number of nitrogens with zero attached hydrogens (tertiary/aromatic N) is 2. The molecule has 6 nitrogen and oxygen atoms in total. The third-order valence-corrected chi connectivity index (χ3v) is 3.00. The molecule has 1 fully saturated rings. The molecular formula is C13H18N2O4. The summed E-state index contributed by atoms with van der Waals surface area (Å²) in [6.07, 6.45) is 1.19. The summed E-state index contributed by atoms with van der Waals surface area (Å²) in [5.74, 6) is -0.385. The van der Waals surface area contributed by atoms with E-state index >= 15 is 0 Å². The molecule has 1 aliphatic rings. The minimum absolute atomic E-state index is 0.0709. The van der Waals surface area contributed by atoms with Gasteiger partial charge >= 0.3 is 5.97 Å². The summed E-state index contributed by atoms with van der Waals surface area (Å²) in [5, 5.41) is 18.3. The first kappa shape index (κ1) is 13.8. The van der Waals surface area contributed by atoms with Crippen LogP contribution in [0.5, 0.6) is 0 Å². The molecule has 104 valence electrons. The maximum atomic E-state index is 11.0. The van der Waals surface area contributed by atoms with Crippen molar-refractivity contribution in [1.29, 1.82) is 0 Å². The Morgan fingerprint density at radius 2 is 2.37 bits per heavy atom. The van der Waals surface area contributed by atoms with Crippen LogP contribution < -0.4 is 4.90 Å². The highest BCUT2D eigenvalue weighted by molar-refractivity contribution is 5.88. The van der Waals surface area contributed by atoms with E-state index in [-0.39, 0.29) is 18.3 Å². The van der Waals surface area contributed by atoms with E-state index in [1.807, 2.05) is 18.7 Å². The Morgan fingerprint density at radius 3 is 3.00 bits per heavy atom. The highest BCUT2D eigenvalue weighted by Gasteiger charge is 2.33. The number of hydrogen-bond donors (Lipinski definition) is 2. The van der Waals surface area contributed by atoms with Crippen LogP contribution in [0, 0.1) is 0 Å². The molecule has 1 aliphatic heterocycles. The fourth-order valence-corrected chi connectivity index (χ4v) is 2.29. The number of morpholine rings is 1. The number of aromatic nitrogens is 1. The minimum atomic E-state index is -0.977. The van der Waals surface area contributed by atoms with E-state index in [1.54, 1.807) is 0 Å². The summed E-state index contributed by atoms with van der Waals surface area (Å²) in [6.45, 7) is 4.89. The van der Waals surface area contributed by atoms with E-state index in [0.717, 1.165) is 0 Å². The molecular weight excluding hydrogens is 248 g/mol. The average Bonchev–Trinajstić information content (AvgIpc) is 2.37. The Balaban J connectivity index is 2.25. The number of pyridine rings is 1. The van der Waals surface area contributed by atoms with Crippen LogP contribution in [0.2, 0.25) is 0 Å². The molecule has 0 bridgehead atoms. The van der Waals surface area contributed by atoms with Gasteiger partial charge in [-0.1, -0.05) is 0 Å². The molecule has 1 atom stereocenters. The van der Waals surface area contributed by atoms with Crippen LogP contribution in [0.25, 0.3) is 0 Å². The maximum absolute atomic E-state index is 11.0. The zero-order valence-electron chi connectivity index (χ0n) is 11.0.